The molecule has 0 heterocycles. The first-order valence-electron chi connectivity index (χ1n) is 8.21. The van der Waals surface area contributed by atoms with Crippen LogP contribution in [0.15, 0.2) is 66.8 Å². The Kier molecular flexibility index (Phi) is 3.18. The maximum Gasteiger partial charge on any atom is -0.0116 e. The lowest BCUT2D eigenvalue weighted by molar-refractivity contribution is 0.385. The van der Waals surface area contributed by atoms with E-state index in [1.54, 1.807) is 5.56 Å². The molecule has 4 unspecified atom stereocenters. The Bertz CT molecular complexity index is 702. The summed E-state index contributed by atoms with van der Waals surface area (Å²) in [5.41, 5.74) is 1.57. The highest BCUT2D eigenvalue weighted by molar-refractivity contribution is 5.86. The van der Waals surface area contributed by atoms with E-state index in [9.17, 15) is 0 Å². The summed E-state index contributed by atoms with van der Waals surface area (Å²) in [7, 11) is 0. The summed E-state index contributed by atoms with van der Waals surface area (Å²) < 4.78 is 0. The minimum Gasteiger partial charge on any atom is -0.0808 e. The molecule has 2 aliphatic rings. The van der Waals surface area contributed by atoms with Gasteiger partial charge in [-0.2, -0.15) is 0 Å². The number of hydrogen-bond donors (Lipinski definition) is 0. The largest absolute Gasteiger partial charge is 0.0808 e. The highest BCUT2D eigenvalue weighted by atomic mass is 14.4. The van der Waals surface area contributed by atoms with E-state index in [-0.39, 0.29) is 0 Å². The molecule has 2 aliphatic carbocycles. The van der Waals surface area contributed by atoms with Crippen molar-refractivity contribution >= 4 is 10.8 Å². The topological polar surface area (TPSA) is 0 Å². The lowest BCUT2D eigenvalue weighted by Crippen LogP contribution is -2.15. The quantitative estimate of drug-likeness (QED) is 0.657. The van der Waals surface area contributed by atoms with Crippen LogP contribution in [0.5, 0.6) is 0 Å². The van der Waals surface area contributed by atoms with Gasteiger partial charge in [-0.1, -0.05) is 80.1 Å². The van der Waals surface area contributed by atoms with Gasteiger partial charge in [-0.05, 0) is 46.4 Å². The second-order valence-corrected chi connectivity index (χ2v) is 6.49. The molecule has 4 atom stereocenters. The monoisotopic (exact) mass is 274 g/mol. The lowest BCUT2D eigenvalue weighted by Gasteiger charge is -2.24. The zero-order chi connectivity index (χ0) is 14.2. The molecular formula is C21H22. The van der Waals surface area contributed by atoms with Crippen molar-refractivity contribution in [3.05, 3.63) is 72.3 Å². The third-order valence-corrected chi connectivity index (χ3v) is 5.53. The zero-order valence-corrected chi connectivity index (χ0v) is 12.6. The second-order valence-electron chi connectivity index (χ2n) is 6.49. The van der Waals surface area contributed by atoms with Crippen molar-refractivity contribution in [1.82, 2.24) is 0 Å². The highest BCUT2D eigenvalue weighted by Gasteiger charge is 2.41. The summed E-state index contributed by atoms with van der Waals surface area (Å²) in [4.78, 5) is 0. The van der Waals surface area contributed by atoms with E-state index < -0.39 is 0 Å². The Balaban J connectivity index is 1.81. The Morgan fingerprint density at radius 1 is 0.952 bits per heavy atom. The van der Waals surface area contributed by atoms with Gasteiger partial charge in [0, 0.05) is 0 Å². The van der Waals surface area contributed by atoms with Crippen molar-refractivity contribution in [3.8, 4) is 0 Å². The van der Waals surface area contributed by atoms with E-state index >= 15 is 0 Å². The van der Waals surface area contributed by atoms with Crippen LogP contribution in [0.1, 0.15) is 31.2 Å². The number of rotatable bonds is 2. The summed E-state index contributed by atoms with van der Waals surface area (Å²) in [6.07, 6.45) is 11.9. The molecule has 2 aromatic rings. The first kappa shape index (κ1) is 12.9. The van der Waals surface area contributed by atoms with E-state index in [2.05, 4.69) is 73.7 Å². The Morgan fingerprint density at radius 3 is 2.67 bits per heavy atom. The SMILES string of the molecule is CCC1C(c2cccc3ccccc23)CC2C=CC=CC21. The van der Waals surface area contributed by atoms with Crippen LogP contribution in [0.3, 0.4) is 0 Å². The molecule has 1 fully saturated rings. The van der Waals surface area contributed by atoms with E-state index in [1.165, 1.54) is 23.6 Å². The van der Waals surface area contributed by atoms with Gasteiger partial charge in [0.05, 0.1) is 0 Å². The molecule has 0 bridgehead atoms. The van der Waals surface area contributed by atoms with Crippen LogP contribution < -0.4 is 0 Å². The smallest absolute Gasteiger partial charge is 0.0116 e. The first-order chi connectivity index (χ1) is 10.4. The van der Waals surface area contributed by atoms with Gasteiger partial charge in [0.15, 0.2) is 0 Å². The van der Waals surface area contributed by atoms with Crippen molar-refractivity contribution in [2.24, 2.45) is 17.8 Å². The van der Waals surface area contributed by atoms with Crippen LogP contribution in [0, 0.1) is 17.8 Å². The fraction of sp³-hybridized carbons (Fsp3) is 0.333. The molecule has 4 rings (SSSR count). The van der Waals surface area contributed by atoms with Gasteiger partial charge < -0.3 is 0 Å². The predicted molar refractivity (Wildman–Crippen MR) is 90.3 cm³/mol. The van der Waals surface area contributed by atoms with Crippen LogP contribution in [0.4, 0.5) is 0 Å². The molecule has 2 aromatic carbocycles. The maximum absolute atomic E-state index is 2.45. The number of allylic oxidation sites excluding steroid dienone is 4. The molecule has 0 heteroatoms. The highest BCUT2D eigenvalue weighted by Crippen LogP contribution is 2.51. The van der Waals surface area contributed by atoms with Crippen molar-refractivity contribution < 1.29 is 0 Å². The normalized spacial score (nSPS) is 30.7. The molecule has 21 heavy (non-hydrogen) atoms. The summed E-state index contributed by atoms with van der Waals surface area (Å²) in [5.74, 6) is 2.96. The molecular weight excluding hydrogens is 252 g/mol. The minimum atomic E-state index is 0.698. The third-order valence-electron chi connectivity index (χ3n) is 5.53. The van der Waals surface area contributed by atoms with Crippen LogP contribution in [-0.4, -0.2) is 0 Å². The van der Waals surface area contributed by atoms with E-state index in [0.29, 0.717) is 5.92 Å². The van der Waals surface area contributed by atoms with Crippen LogP contribution in [-0.2, 0) is 0 Å². The molecule has 0 aromatic heterocycles. The number of benzene rings is 2. The molecule has 0 aliphatic heterocycles. The van der Waals surface area contributed by atoms with Crippen molar-refractivity contribution in [2.45, 2.75) is 25.7 Å². The van der Waals surface area contributed by atoms with Crippen molar-refractivity contribution in [3.63, 3.8) is 0 Å². The average molecular weight is 274 g/mol. The molecule has 0 spiro atoms. The van der Waals surface area contributed by atoms with Gasteiger partial charge in [0.2, 0.25) is 0 Å². The second kappa shape index (κ2) is 5.18. The van der Waals surface area contributed by atoms with Crippen molar-refractivity contribution in [1.29, 1.82) is 0 Å². The number of hydrogen-bond acceptors (Lipinski definition) is 0. The molecule has 106 valence electrons. The van der Waals surface area contributed by atoms with E-state index in [4.69, 9.17) is 0 Å². The number of fused-ring (bicyclic) bond motifs is 2. The summed E-state index contributed by atoms with van der Waals surface area (Å²) in [6, 6.07) is 15.7. The molecule has 1 saturated carbocycles. The van der Waals surface area contributed by atoms with Gasteiger partial charge in [0.1, 0.15) is 0 Å². The van der Waals surface area contributed by atoms with E-state index in [0.717, 1.165) is 17.8 Å². The predicted octanol–water partition coefficient (Wildman–Crippen LogP) is 5.71. The Morgan fingerprint density at radius 2 is 1.76 bits per heavy atom. The van der Waals surface area contributed by atoms with Gasteiger partial charge in [0.25, 0.3) is 0 Å². The van der Waals surface area contributed by atoms with Gasteiger partial charge in [-0.3, -0.25) is 0 Å². The first-order valence-corrected chi connectivity index (χ1v) is 8.21. The van der Waals surface area contributed by atoms with Gasteiger partial charge in [-0.25, -0.2) is 0 Å². The fourth-order valence-corrected chi connectivity index (χ4v) is 4.59. The molecule has 0 nitrogen and oxygen atoms in total. The maximum atomic E-state index is 2.45. The zero-order valence-electron chi connectivity index (χ0n) is 12.6. The molecule has 0 amide bonds. The molecule has 0 saturated heterocycles. The van der Waals surface area contributed by atoms with Gasteiger partial charge >= 0.3 is 0 Å². The van der Waals surface area contributed by atoms with Crippen LogP contribution in [0.25, 0.3) is 10.8 Å². The standard InChI is InChI=1S/C21H22/c1-2-17-19-12-6-4-9-16(19)14-21(17)20-13-7-10-15-8-3-5-11-18(15)20/h3-13,16-17,19,21H,2,14H2,1H3. The molecule has 0 N–H and O–H groups in total. The van der Waals surface area contributed by atoms with Gasteiger partial charge in [-0.15, -0.1) is 0 Å². The fourth-order valence-electron chi connectivity index (χ4n) is 4.59. The summed E-state index contributed by atoms with van der Waals surface area (Å²) >= 11 is 0. The summed E-state index contributed by atoms with van der Waals surface area (Å²) in [5, 5.41) is 2.83. The van der Waals surface area contributed by atoms with Crippen molar-refractivity contribution in [2.75, 3.05) is 0 Å². The van der Waals surface area contributed by atoms with Crippen LogP contribution in [0.2, 0.25) is 0 Å². The minimum absolute atomic E-state index is 0.698. The van der Waals surface area contributed by atoms with Crippen LogP contribution >= 0.6 is 0 Å². The Labute approximate surface area is 127 Å². The third kappa shape index (κ3) is 2.05. The lowest BCUT2D eigenvalue weighted by atomic mass is 9.80. The Hall–Kier alpha value is -1.82. The summed E-state index contributed by atoms with van der Waals surface area (Å²) in [6.45, 7) is 2.36. The molecule has 0 radical (unpaired) electrons. The van der Waals surface area contributed by atoms with E-state index in [1.807, 2.05) is 0 Å². The average Bonchev–Trinajstić information content (AvgIpc) is 2.92.